The van der Waals surface area contributed by atoms with Crippen LogP contribution in [0.2, 0.25) is 0 Å². The topological polar surface area (TPSA) is 88.8 Å². The zero-order valence-electron chi connectivity index (χ0n) is 17.8. The zero-order chi connectivity index (χ0) is 20.8. The average Bonchev–Trinajstić information content (AvgIpc) is 3.33. The first-order chi connectivity index (χ1) is 14.7. The maximum Gasteiger partial charge on any atom is 0.191 e. The van der Waals surface area contributed by atoms with E-state index in [9.17, 15) is 0 Å². The third-order valence-electron chi connectivity index (χ3n) is 5.60. The van der Waals surface area contributed by atoms with Gasteiger partial charge in [-0.05, 0) is 18.6 Å². The predicted octanol–water partition coefficient (Wildman–Crippen LogP) is 0.495. The summed E-state index contributed by atoms with van der Waals surface area (Å²) in [6.45, 7) is 8.45. The minimum Gasteiger partial charge on any atom is -0.488 e. The number of hydrogen-bond donors (Lipinski definition) is 2. The summed E-state index contributed by atoms with van der Waals surface area (Å²) in [6, 6.07) is 8.22. The lowest BCUT2D eigenvalue weighted by Crippen LogP contribution is -2.46. The molecule has 1 aromatic carbocycles. The molecule has 9 nitrogen and oxygen atoms in total. The van der Waals surface area contributed by atoms with Crippen molar-refractivity contribution in [2.24, 2.45) is 12.0 Å². The molecule has 0 amide bonds. The van der Waals surface area contributed by atoms with E-state index in [1.807, 2.05) is 30.7 Å². The van der Waals surface area contributed by atoms with E-state index in [1.54, 1.807) is 0 Å². The van der Waals surface area contributed by atoms with Crippen LogP contribution >= 0.6 is 0 Å². The monoisotopic (exact) mass is 413 g/mol. The van der Waals surface area contributed by atoms with Crippen LogP contribution in [0.1, 0.15) is 17.2 Å². The van der Waals surface area contributed by atoms with Gasteiger partial charge in [-0.25, -0.2) is 4.99 Å². The Morgan fingerprint density at radius 1 is 1.20 bits per heavy atom. The van der Waals surface area contributed by atoms with Gasteiger partial charge >= 0.3 is 0 Å². The van der Waals surface area contributed by atoms with E-state index >= 15 is 0 Å². The largest absolute Gasteiger partial charge is 0.488 e. The molecule has 0 radical (unpaired) electrons. The second-order valence-corrected chi connectivity index (χ2v) is 7.70. The number of hydrogen-bond acceptors (Lipinski definition) is 6. The summed E-state index contributed by atoms with van der Waals surface area (Å²) in [6.07, 6.45) is 1.01. The van der Waals surface area contributed by atoms with E-state index in [0.29, 0.717) is 13.1 Å². The van der Waals surface area contributed by atoms with Gasteiger partial charge in [-0.1, -0.05) is 18.2 Å². The van der Waals surface area contributed by atoms with E-state index in [4.69, 9.17) is 14.5 Å². The number of nitrogens with zero attached hydrogens (tertiary/aromatic N) is 5. The molecule has 2 aliphatic rings. The Labute approximate surface area is 177 Å². The number of guanidine groups is 1. The molecule has 9 heteroatoms. The lowest BCUT2D eigenvalue weighted by molar-refractivity contribution is 0.0389. The number of ether oxygens (including phenoxy) is 2. The molecule has 1 unspecified atom stereocenters. The lowest BCUT2D eigenvalue weighted by Gasteiger charge is -2.26. The molecule has 2 aromatic rings. The van der Waals surface area contributed by atoms with Crippen LogP contribution in [0.15, 0.2) is 29.3 Å². The number of rotatable bonds is 7. The van der Waals surface area contributed by atoms with Crippen molar-refractivity contribution in [2.75, 3.05) is 45.9 Å². The van der Waals surface area contributed by atoms with E-state index < -0.39 is 0 Å². The second kappa shape index (κ2) is 9.90. The Kier molecular flexibility index (Phi) is 6.81. The van der Waals surface area contributed by atoms with Crippen LogP contribution in [0.4, 0.5) is 0 Å². The molecule has 1 atom stereocenters. The highest BCUT2D eigenvalue weighted by molar-refractivity contribution is 5.79. The van der Waals surface area contributed by atoms with E-state index in [2.05, 4.69) is 37.9 Å². The SMILES string of the molecule is Cc1nnc(CN=C(NCCN2CCOCC2)NCC2Cc3ccccc3O2)n1C. The first-order valence-corrected chi connectivity index (χ1v) is 10.6. The summed E-state index contributed by atoms with van der Waals surface area (Å²) < 4.78 is 13.4. The maximum absolute atomic E-state index is 6.05. The quantitative estimate of drug-likeness (QED) is 0.505. The van der Waals surface area contributed by atoms with E-state index in [0.717, 1.165) is 69.2 Å². The number of fused-ring (bicyclic) bond motifs is 1. The number of benzene rings is 1. The second-order valence-electron chi connectivity index (χ2n) is 7.70. The first-order valence-electron chi connectivity index (χ1n) is 10.6. The van der Waals surface area contributed by atoms with Crippen molar-refractivity contribution in [1.29, 1.82) is 0 Å². The molecule has 1 saturated heterocycles. The maximum atomic E-state index is 6.05. The van der Waals surface area contributed by atoms with Crippen molar-refractivity contribution in [3.05, 3.63) is 41.5 Å². The van der Waals surface area contributed by atoms with Crippen molar-refractivity contribution in [3.8, 4) is 5.75 Å². The third kappa shape index (κ3) is 5.28. The minimum absolute atomic E-state index is 0.103. The van der Waals surface area contributed by atoms with Gasteiger partial charge in [-0.2, -0.15) is 0 Å². The predicted molar refractivity (Wildman–Crippen MR) is 115 cm³/mol. The molecule has 0 spiro atoms. The average molecular weight is 414 g/mol. The summed E-state index contributed by atoms with van der Waals surface area (Å²) in [4.78, 5) is 7.13. The molecule has 4 rings (SSSR count). The molecular weight excluding hydrogens is 382 g/mol. The fraction of sp³-hybridized carbons (Fsp3) is 0.571. The minimum atomic E-state index is 0.103. The molecule has 2 aliphatic heterocycles. The summed E-state index contributed by atoms with van der Waals surface area (Å²) in [5, 5.41) is 15.2. The van der Waals surface area contributed by atoms with E-state index in [-0.39, 0.29) is 6.10 Å². The van der Waals surface area contributed by atoms with Crippen molar-refractivity contribution in [1.82, 2.24) is 30.3 Å². The van der Waals surface area contributed by atoms with E-state index in [1.165, 1.54) is 5.56 Å². The fourth-order valence-corrected chi connectivity index (χ4v) is 3.65. The summed E-state index contributed by atoms with van der Waals surface area (Å²) >= 11 is 0. The van der Waals surface area contributed by atoms with Gasteiger partial charge in [0.25, 0.3) is 0 Å². The number of para-hydroxylation sites is 1. The smallest absolute Gasteiger partial charge is 0.191 e. The van der Waals surface area contributed by atoms with Gasteiger partial charge in [0.05, 0.1) is 19.8 Å². The van der Waals surface area contributed by atoms with Crippen LogP contribution in [0.3, 0.4) is 0 Å². The first kappa shape index (κ1) is 20.6. The van der Waals surface area contributed by atoms with Crippen LogP contribution in [-0.4, -0.2) is 77.7 Å². The Morgan fingerprint density at radius 2 is 2.03 bits per heavy atom. The third-order valence-corrected chi connectivity index (χ3v) is 5.60. The van der Waals surface area contributed by atoms with Crippen molar-refractivity contribution in [2.45, 2.75) is 26.0 Å². The highest BCUT2D eigenvalue weighted by Gasteiger charge is 2.22. The summed E-state index contributed by atoms with van der Waals surface area (Å²) in [5.41, 5.74) is 1.26. The van der Waals surface area contributed by atoms with Gasteiger partial charge in [0, 0.05) is 39.6 Å². The lowest BCUT2D eigenvalue weighted by atomic mass is 10.1. The number of aliphatic imine (C=N–C) groups is 1. The van der Waals surface area contributed by atoms with Gasteiger partial charge in [0.15, 0.2) is 11.8 Å². The normalized spacial score (nSPS) is 19.4. The van der Waals surface area contributed by atoms with Crippen LogP contribution in [0.25, 0.3) is 0 Å². The molecule has 1 aromatic heterocycles. The molecule has 0 aliphatic carbocycles. The van der Waals surface area contributed by atoms with Crippen LogP contribution in [0, 0.1) is 6.92 Å². The van der Waals surface area contributed by atoms with Gasteiger partial charge in [0.1, 0.15) is 24.2 Å². The van der Waals surface area contributed by atoms with Gasteiger partial charge < -0.3 is 24.7 Å². The molecule has 1 fully saturated rings. The molecule has 3 heterocycles. The van der Waals surface area contributed by atoms with Gasteiger partial charge in [-0.15, -0.1) is 10.2 Å². The Balaban J connectivity index is 1.32. The van der Waals surface area contributed by atoms with Crippen molar-refractivity contribution < 1.29 is 9.47 Å². The Morgan fingerprint density at radius 3 is 2.80 bits per heavy atom. The molecule has 2 N–H and O–H groups in total. The number of aromatic nitrogens is 3. The Hall–Kier alpha value is -2.65. The molecule has 0 bridgehead atoms. The highest BCUT2D eigenvalue weighted by Crippen LogP contribution is 2.27. The standard InChI is InChI=1S/C21H31N7O2/c1-16-25-26-20(27(16)2)15-24-21(22-7-8-28-9-11-29-12-10-28)23-14-18-13-17-5-3-4-6-19(17)30-18/h3-6,18H,7-15H2,1-2H3,(H2,22,23,24). The molecular formula is C21H31N7O2. The number of nitrogens with one attached hydrogen (secondary N) is 2. The Bertz CT molecular complexity index is 836. The van der Waals surface area contributed by atoms with Gasteiger partial charge in [0.2, 0.25) is 0 Å². The van der Waals surface area contributed by atoms with Crippen molar-refractivity contribution in [3.63, 3.8) is 0 Å². The molecule has 30 heavy (non-hydrogen) atoms. The fourth-order valence-electron chi connectivity index (χ4n) is 3.65. The highest BCUT2D eigenvalue weighted by atomic mass is 16.5. The number of aryl methyl sites for hydroxylation is 1. The molecule has 0 saturated carbocycles. The van der Waals surface area contributed by atoms with Gasteiger partial charge in [-0.3, -0.25) is 4.90 Å². The van der Waals surface area contributed by atoms with Crippen LogP contribution in [0.5, 0.6) is 5.75 Å². The number of morpholine rings is 1. The molecule has 162 valence electrons. The van der Waals surface area contributed by atoms with Crippen LogP contribution < -0.4 is 15.4 Å². The van der Waals surface area contributed by atoms with Crippen LogP contribution in [-0.2, 0) is 24.8 Å². The summed E-state index contributed by atoms with van der Waals surface area (Å²) in [7, 11) is 1.96. The zero-order valence-corrected chi connectivity index (χ0v) is 17.8. The summed E-state index contributed by atoms with van der Waals surface area (Å²) in [5.74, 6) is 3.47. The van der Waals surface area contributed by atoms with Crippen molar-refractivity contribution >= 4 is 5.96 Å².